The SMILES string of the molecule is CCNc1nc(OC(C)(C)C)nc(N(C)C)n1. The fraction of sp³-hybridized carbons (Fsp3) is 0.727. The maximum absolute atomic E-state index is 5.65. The van der Waals surface area contributed by atoms with Crippen molar-refractivity contribution >= 4 is 11.9 Å². The van der Waals surface area contributed by atoms with Gasteiger partial charge in [0.15, 0.2) is 0 Å². The Morgan fingerprint density at radius 2 is 1.82 bits per heavy atom. The van der Waals surface area contributed by atoms with Gasteiger partial charge >= 0.3 is 6.01 Å². The maximum atomic E-state index is 5.65. The summed E-state index contributed by atoms with van der Waals surface area (Å²) in [7, 11) is 3.76. The molecule has 0 fully saturated rings. The molecule has 0 aliphatic rings. The molecule has 6 nitrogen and oxygen atoms in total. The van der Waals surface area contributed by atoms with Crippen molar-refractivity contribution < 1.29 is 4.74 Å². The molecule has 0 spiro atoms. The second-order valence-electron chi connectivity index (χ2n) is 4.88. The van der Waals surface area contributed by atoms with Gasteiger partial charge in [-0.25, -0.2) is 0 Å². The Hall–Kier alpha value is -1.59. The molecule has 0 saturated heterocycles. The van der Waals surface area contributed by atoms with Crippen LogP contribution in [0.5, 0.6) is 6.01 Å². The molecule has 0 atom stereocenters. The Bertz CT molecular complexity index is 373. The van der Waals surface area contributed by atoms with Crippen molar-refractivity contribution in [3.8, 4) is 6.01 Å². The lowest BCUT2D eigenvalue weighted by atomic mass is 10.2. The third-order valence-electron chi connectivity index (χ3n) is 1.74. The Kier molecular flexibility index (Phi) is 4.09. The molecule has 0 saturated carbocycles. The van der Waals surface area contributed by atoms with Crippen LogP contribution in [0.25, 0.3) is 0 Å². The molecule has 1 aromatic rings. The van der Waals surface area contributed by atoms with E-state index in [0.717, 1.165) is 6.54 Å². The van der Waals surface area contributed by atoms with E-state index >= 15 is 0 Å². The van der Waals surface area contributed by atoms with Crippen molar-refractivity contribution in [2.75, 3.05) is 30.9 Å². The largest absolute Gasteiger partial charge is 0.458 e. The Morgan fingerprint density at radius 1 is 1.18 bits per heavy atom. The zero-order valence-corrected chi connectivity index (χ0v) is 11.4. The third kappa shape index (κ3) is 4.42. The maximum Gasteiger partial charge on any atom is 0.323 e. The van der Waals surface area contributed by atoms with E-state index < -0.39 is 0 Å². The molecule has 17 heavy (non-hydrogen) atoms. The number of anilines is 2. The van der Waals surface area contributed by atoms with Crippen LogP contribution in [0.2, 0.25) is 0 Å². The van der Waals surface area contributed by atoms with Gasteiger partial charge in [-0.1, -0.05) is 0 Å². The van der Waals surface area contributed by atoms with Gasteiger partial charge in [-0.05, 0) is 27.7 Å². The molecule has 6 heteroatoms. The summed E-state index contributed by atoms with van der Waals surface area (Å²) in [5.41, 5.74) is -0.325. The molecular formula is C11H21N5O. The number of hydrogen-bond donors (Lipinski definition) is 1. The standard InChI is InChI=1S/C11H21N5O/c1-7-12-8-13-9(16(5)6)15-10(14-8)17-11(2,3)4/h7H2,1-6H3,(H,12,13,14,15). The first-order valence-corrected chi connectivity index (χ1v) is 5.68. The summed E-state index contributed by atoms with van der Waals surface area (Å²) < 4.78 is 5.65. The van der Waals surface area contributed by atoms with E-state index in [9.17, 15) is 0 Å². The van der Waals surface area contributed by atoms with Crippen LogP contribution in [0.15, 0.2) is 0 Å². The molecule has 1 heterocycles. The van der Waals surface area contributed by atoms with Gasteiger partial charge in [0.1, 0.15) is 5.60 Å². The molecule has 0 aliphatic heterocycles. The van der Waals surface area contributed by atoms with Gasteiger partial charge in [0, 0.05) is 20.6 Å². The van der Waals surface area contributed by atoms with Gasteiger partial charge in [-0.2, -0.15) is 15.0 Å². The Balaban J connectivity index is 3.03. The number of rotatable bonds is 4. The van der Waals surface area contributed by atoms with Crippen LogP contribution in [-0.4, -0.2) is 41.2 Å². The normalized spacial score (nSPS) is 11.2. The summed E-state index contributed by atoms with van der Waals surface area (Å²) in [6.45, 7) is 8.62. The highest BCUT2D eigenvalue weighted by molar-refractivity contribution is 5.36. The topological polar surface area (TPSA) is 63.2 Å². The van der Waals surface area contributed by atoms with Gasteiger partial charge in [0.25, 0.3) is 0 Å². The van der Waals surface area contributed by atoms with Crippen LogP contribution in [0.3, 0.4) is 0 Å². The van der Waals surface area contributed by atoms with E-state index in [1.54, 1.807) is 0 Å². The van der Waals surface area contributed by atoms with E-state index in [1.165, 1.54) is 0 Å². The van der Waals surface area contributed by atoms with E-state index in [2.05, 4.69) is 20.3 Å². The second-order valence-corrected chi connectivity index (χ2v) is 4.88. The minimum absolute atomic E-state index is 0.325. The highest BCUT2D eigenvalue weighted by Gasteiger charge is 2.16. The minimum Gasteiger partial charge on any atom is -0.458 e. The van der Waals surface area contributed by atoms with E-state index in [0.29, 0.717) is 17.9 Å². The lowest BCUT2D eigenvalue weighted by Gasteiger charge is -2.20. The zero-order chi connectivity index (χ0) is 13.1. The second kappa shape index (κ2) is 5.16. The van der Waals surface area contributed by atoms with Crippen LogP contribution >= 0.6 is 0 Å². The number of aromatic nitrogens is 3. The molecule has 1 N–H and O–H groups in total. The Labute approximate surface area is 102 Å². The number of nitrogens with one attached hydrogen (secondary N) is 1. The van der Waals surface area contributed by atoms with Crippen molar-refractivity contribution in [1.82, 2.24) is 15.0 Å². The average molecular weight is 239 g/mol. The first-order chi connectivity index (χ1) is 7.81. The highest BCUT2D eigenvalue weighted by Crippen LogP contribution is 2.17. The molecule has 1 rings (SSSR count). The summed E-state index contributed by atoms with van der Waals surface area (Å²) in [6, 6.07) is 0.340. The summed E-state index contributed by atoms with van der Waals surface area (Å²) in [6.07, 6.45) is 0. The molecule has 1 aromatic heterocycles. The fourth-order valence-corrected chi connectivity index (χ4v) is 1.10. The number of hydrogen-bond acceptors (Lipinski definition) is 6. The quantitative estimate of drug-likeness (QED) is 0.860. The van der Waals surface area contributed by atoms with Crippen molar-refractivity contribution in [3.63, 3.8) is 0 Å². The molecule has 0 aliphatic carbocycles. The lowest BCUT2D eigenvalue weighted by Crippen LogP contribution is -2.25. The molecule has 0 radical (unpaired) electrons. The van der Waals surface area contributed by atoms with Crippen molar-refractivity contribution in [3.05, 3.63) is 0 Å². The van der Waals surface area contributed by atoms with Gasteiger partial charge in [-0.3, -0.25) is 0 Å². The van der Waals surface area contributed by atoms with Crippen LogP contribution in [0.1, 0.15) is 27.7 Å². The predicted molar refractivity (Wildman–Crippen MR) is 68.7 cm³/mol. The number of ether oxygens (including phenoxy) is 1. The van der Waals surface area contributed by atoms with Gasteiger partial charge in [0.2, 0.25) is 11.9 Å². The van der Waals surface area contributed by atoms with Crippen LogP contribution in [0.4, 0.5) is 11.9 Å². The monoisotopic (exact) mass is 239 g/mol. The van der Waals surface area contributed by atoms with Gasteiger partial charge in [-0.15, -0.1) is 0 Å². The lowest BCUT2D eigenvalue weighted by molar-refractivity contribution is 0.117. The smallest absolute Gasteiger partial charge is 0.323 e. The van der Waals surface area contributed by atoms with Crippen LogP contribution in [-0.2, 0) is 0 Å². The first kappa shape index (κ1) is 13.5. The van der Waals surface area contributed by atoms with Crippen molar-refractivity contribution in [1.29, 1.82) is 0 Å². The summed E-state index contributed by atoms with van der Waals surface area (Å²) >= 11 is 0. The van der Waals surface area contributed by atoms with Gasteiger partial charge < -0.3 is 15.0 Å². The Morgan fingerprint density at radius 3 is 2.29 bits per heavy atom. The van der Waals surface area contributed by atoms with Crippen LogP contribution < -0.4 is 15.0 Å². The summed E-state index contributed by atoms with van der Waals surface area (Å²) in [4.78, 5) is 14.5. The summed E-state index contributed by atoms with van der Waals surface area (Å²) in [5, 5.41) is 3.06. The van der Waals surface area contributed by atoms with Gasteiger partial charge in [0.05, 0.1) is 0 Å². The van der Waals surface area contributed by atoms with E-state index in [4.69, 9.17) is 4.74 Å². The third-order valence-corrected chi connectivity index (χ3v) is 1.74. The minimum atomic E-state index is -0.325. The van der Waals surface area contributed by atoms with Crippen molar-refractivity contribution in [2.24, 2.45) is 0 Å². The first-order valence-electron chi connectivity index (χ1n) is 5.68. The molecule has 0 aromatic carbocycles. The molecular weight excluding hydrogens is 218 g/mol. The molecule has 0 unspecified atom stereocenters. The summed E-state index contributed by atoms with van der Waals surface area (Å²) in [5.74, 6) is 1.11. The molecule has 0 bridgehead atoms. The van der Waals surface area contributed by atoms with Crippen LogP contribution in [0, 0.1) is 0 Å². The average Bonchev–Trinajstić information content (AvgIpc) is 2.14. The predicted octanol–water partition coefficient (Wildman–Crippen LogP) is 1.55. The molecule has 96 valence electrons. The molecule has 0 amide bonds. The number of nitrogens with zero attached hydrogens (tertiary/aromatic N) is 4. The zero-order valence-electron chi connectivity index (χ0n) is 11.4. The highest BCUT2D eigenvalue weighted by atomic mass is 16.5. The van der Waals surface area contributed by atoms with E-state index in [-0.39, 0.29) is 5.60 Å². The van der Waals surface area contributed by atoms with Crippen molar-refractivity contribution in [2.45, 2.75) is 33.3 Å². The fourth-order valence-electron chi connectivity index (χ4n) is 1.10. The van der Waals surface area contributed by atoms with E-state index in [1.807, 2.05) is 46.7 Å².